The molecule has 0 saturated carbocycles. The molecule has 0 radical (unpaired) electrons. The quantitative estimate of drug-likeness (QED) is 0.345. The Hall–Kier alpha value is -0.790. The van der Waals surface area contributed by atoms with Crippen LogP contribution in [0.5, 0.6) is 0 Å². The zero-order valence-corrected chi connectivity index (χ0v) is 8.71. The fraction of sp³-hybridized carbons (Fsp3) is 0.727. The van der Waals surface area contributed by atoms with E-state index in [2.05, 4.69) is 13.5 Å². The Morgan fingerprint density at radius 1 is 1.46 bits per heavy atom. The summed E-state index contributed by atoms with van der Waals surface area (Å²) < 4.78 is 5.02. The molecule has 1 atom stereocenters. The highest BCUT2D eigenvalue weighted by Gasteiger charge is 2.04. The molecule has 0 N–H and O–H groups in total. The Balaban J connectivity index is 3.34. The molecule has 0 aromatic heterocycles. The van der Waals surface area contributed by atoms with Gasteiger partial charge in [-0.3, -0.25) is 0 Å². The van der Waals surface area contributed by atoms with E-state index in [1.807, 2.05) is 6.92 Å². The number of hydrogen-bond donors (Lipinski definition) is 0. The fourth-order valence-electron chi connectivity index (χ4n) is 1.16. The van der Waals surface area contributed by atoms with Gasteiger partial charge in [0.15, 0.2) is 0 Å². The van der Waals surface area contributed by atoms with E-state index in [1.54, 1.807) is 0 Å². The minimum atomic E-state index is -0.317. The zero-order valence-electron chi connectivity index (χ0n) is 8.71. The van der Waals surface area contributed by atoms with Gasteiger partial charge < -0.3 is 4.74 Å². The molecular formula is C11H20O2. The van der Waals surface area contributed by atoms with Crippen molar-refractivity contribution in [3.8, 4) is 0 Å². The molecule has 76 valence electrons. The predicted molar refractivity (Wildman–Crippen MR) is 54.5 cm³/mol. The molecule has 2 nitrogen and oxygen atoms in total. The first-order chi connectivity index (χ1) is 6.20. The average Bonchev–Trinajstić information content (AvgIpc) is 2.12. The maximum atomic E-state index is 10.8. The molecule has 0 aromatic carbocycles. The van der Waals surface area contributed by atoms with Gasteiger partial charge in [-0.25, -0.2) is 4.79 Å². The summed E-state index contributed by atoms with van der Waals surface area (Å²) in [5, 5.41) is 0. The van der Waals surface area contributed by atoms with E-state index < -0.39 is 0 Å². The highest BCUT2D eigenvalue weighted by Crippen LogP contribution is 2.07. The Labute approximate surface area is 81.0 Å². The summed E-state index contributed by atoms with van der Waals surface area (Å²) in [4.78, 5) is 10.8. The Morgan fingerprint density at radius 3 is 2.69 bits per heavy atom. The largest absolute Gasteiger partial charge is 0.460 e. The normalized spacial score (nSPS) is 12.2. The molecular weight excluding hydrogens is 164 g/mol. The van der Waals surface area contributed by atoms with Gasteiger partial charge in [-0.1, -0.05) is 32.8 Å². The highest BCUT2D eigenvalue weighted by atomic mass is 16.5. The molecule has 0 aliphatic carbocycles. The van der Waals surface area contributed by atoms with Crippen LogP contribution in [0.4, 0.5) is 0 Å². The summed E-state index contributed by atoms with van der Waals surface area (Å²) >= 11 is 0. The lowest BCUT2D eigenvalue weighted by Crippen LogP contribution is -2.12. The van der Waals surface area contributed by atoms with Crippen LogP contribution >= 0.6 is 0 Å². The van der Waals surface area contributed by atoms with Crippen LogP contribution < -0.4 is 0 Å². The number of hydrogen-bond acceptors (Lipinski definition) is 2. The van der Waals surface area contributed by atoms with Crippen molar-refractivity contribution in [1.29, 1.82) is 0 Å². The molecule has 0 aliphatic rings. The Kier molecular flexibility index (Phi) is 7.36. The van der Waals surface area contributed by atoms with Crippen LogP contribution in [-0.2, 0) is 9.53 Å². The molecule has 13 heavy (non-hydrogen) atoms. The summed E-state index contributed by atoms with van der Waals surface area (Å²) in [6.07, 6.45) is 7.07. The lowest BCUT2D eigenvalue weighted by Gasteiger charge is -2.10. The van der Waals surface area contributed by atoms with Crippen LogP contribution in [0.25, 0.3) is 0 Å². The Bertz CT molecular complexity index is 152. The van der Waals surface area contributed by atoms with Crippen molar-refractivity contribution in [3.63, 3.8) is 0 Å². The van der Waals surface area contributed by atoms with Crippen molar-refractivity contribution < 1.29 is 9.53 Å². The van der Waals surface area contributed by atoms with Crippen LogP contribution in [0.3, 0.4) is 0 Å². The van der Waals surface area contributed by atoms with E-state index in [9.17, 15) is 4.79 Å². The monoisotopic (exact) mass is 184 g/mol. The van der Waals surface area contributed by atoms with Gasteiger partial charge in [0, 0.05) is 6.08 Å². The third-order valence-corrected chi connectivity index (χ3v) is 1.95. The van der Waals surface area contributed by atoms with E-state index in [0.717, 1.165) is 12.8 Å². The number of rotatable bonds is 7. The van der Waals surface area contributed by atoms with Crippen LogP contribution in [0.15, 0.2) is 12.7 Å². The smallest absolute Gasteiger partial charge is 0.330 e. The SMILES string of the molecule is C=CC(=O)O[C@@H](C)CCCCCC. The van der Waals surface area contributed by atoms with Gasteiger partial charge in [-0.2, -0.15) is 0 Å². The van der Waals surface area contributed by atoms with Crippen molar-refractivity contribution in [1.82, 2.24) is 0 Å². The number of unbranched alkanes of at least 4 members (excludes halogenated alkanes) is 3. The number of ether oxygens (including phenoxy) is 1. The minimum Gasteiger partial charge on any atom is -0.460 e. The number of carbonyl (C=O) groups is 1. The third-order valence-electron chi connectivity index (χ3n) is 1.95. The minimum absolute atomic E-state index is 0.0300. The molecule has 0 aliphatic heterocycles. The Morgan fingerprint density at radius 2 is 2.15 bits per heavy atom. The van der Waals surface area contributed by atoms with E-state index in [-0.39, 0.29) is 12.1 Å². The fourth-order valence-corrected chi connectivity index (χ4v) is 1.16. The van der Waals surface area contributed by atoms with Crippen LogP contribution in [0.1, 0.15) is 46.0 Å². The van der Waals surface area contributed by atoms with Crippen molar-refractivity contribution >= 4 is 5.97 Å². The van der Waals surface area contributed by atoms with E-state index in [4.69, 9.17) is 4.74 Å². The molecule has 0 bridgehead atoms. The maximum Gasteiger partial charge on any atom is 0.330 e. The van der Waals surface area contributed by atoms with Crippen LogP contribution in [0.2, 0.25) is 0 Å². The summed E-state index contributed by atoms with van der Waals surface area (Å²) in [6, 6.07) is 0. The van der Waals surface area contributed by atoms with Gasteiger partial charge in [0.25, 0.3) is 0 Å². The lowest BCUT2D eigenvalue weighted by atomic mass is 10.1. The van der Waals surface area contributed by atoms with E-state index >= 15 is 0 Å². The topological polar surface area (TPSA) is 26.3 Å². The van der Waals surface area contributed by atoms with Crippen LogP contribution in [-0.4, -0.2) is 12.1 Å². The standard InChI is InChI=1S/C11H20O2/c1-4-6-7-8-9-10(3)13-11(12)5-2/h5,10H,2,4,6-9H2,1,3H3/t10-/m0/s1. The van der Waals surface area contributed by atoms with Crippen molar-refractivity contribution in [3.05, 3.63) is 12.7 Å². The molecule has 0 rings (SSSR count). The van der Waals surface area contributed by atoms with E-state index in [1.165, 1.54) is 25.3 Å². The van der Waals surface area contributed by atoms with Crippen molar-refractivity contribution in [2.24, 2.45) is 0 Å². The van der Waals surface area contributed by atoms with Crippen molar-refractivity contribution in [2.75, 3.05) is 0 Å². The third kappa shape index (κ3) is 7.57. The predicted octanol–water partition coefficient (Wildman–Crippen LogP) is 3.07. The zero-order chi connectivity index (χ0) is 10.1. The molecule has 0 aromatic rings. The maximum absolute atomic E-state index is 10.8. The van der Waals surface area contributed by atoms with Gasteiger partial charge >= 0.3 is 5.97 Å². The van der Waals surface area contributed by atoms with Gasteiger partial charge in [-0.05, 0) is 19.8 Å². The van der Waals surface area contributed by atoms with Gasteiger partial charge in [0.2, 0.25) is 0 Å². The first-order valence-electron chi connectivity index (χ1n) is 5.03. The second kappa shape index (κ2) is 7.84. The van der Waals surface area contributed by atoms with Gasteiger partial charge in [0.05, 0.1) is 6.10 Å². The average molecular weight is 184 g/mol. The molecule has 0 heterocycles. The molecule has 0 amide bonds. The first-order valence-corrected chi connectivity index (χ1v) is 5.03. The van der Waals surface area contributed by atoms with E-state index in [0.29, 0.717) is 0 Å². The first kappa shape index (κ1) is 12.2. The van der Waals surface area contributed by atoms with Gasteiger partial charge in [0.1, 0.15) is 0 Å². The number of carbonyl (C=O) groups excluding carboxylic acids is 1. The second-order valence-corrected chi connectivity index (χ2v) is 3.30. The van der Waals surface area contributed by atoms with Crippen LogP contribution in [0, 0.1) is 0 Å². The molecule has 0 saturated heterocycles. The van der Waals surface area contributed by atoms with Crippen molar-refractivity contribution in [2.45, 2.75) is 52.1 Å². The highest BCUT2D eigenvalue weighted by molar-refractivity contribution is 5.81. The summed E-state index contributed by atoms with van der Waals surface area (Å²) in [5.41, 5.74) is 0. The lowest BCUT2D eigenvalue weighted by molar-refractivity contribution is -0.142. The molecule has 0 spiro atoms. The summed E-state index contributed by atoms with van der Waals surface area (Å²) in [5.74, 6) is -0.317. The molecule has 0 unspecified atom stereocenters. The van der Waals surface area contributed by atoms with Gasteiger partial charge in [-0.15, -0.1) is 0 Å². The number of esters is 1. The molecule has 2 heteroatoms. The molecule has 0 fully saturated rings. The summed E-state index contributed by atoms with van der Waals surface area (Å²) in [7, 11) is 0. The second-order valence-electron chi connectivity index (χ2n) is 3.30. The summed E-state index contributed by atoms with van der Waals surface area (Å²) in [6.45, 7) is 7.45.